The lowest BCUT2D eigenvalue weighted by molar-refractivity contribution is 1.58. The van der Waals surface area contributed by atoms with Crippen LogP contribution < -0.4 is 11.1 Å². The summed E-state index contributed by atoms with van der Waals surface area (Å²) < 4.78 is 0. The minimum absolute atomic E-state index is 0.823. The van der Waals surface area contributed by atoms with Crippen molar-refractivity contribution in [2.75, 3.05) is 11.1 Å². The van der Waals surface area contributed by atoms with Gasteiger partial charge >= 0.3 is 0 Å². The Bertz CT molecular complexity index is 1190. The third kappa shape index (κ3) is 4.13. The highest BCUT2D eigenvalue weighted by molar-refractivity contribution is 5.95. The third-order valence-electron chi connectivity index (χ3n) is 4.62. The second-order valence-corrected chi connectivity index (χ2v) is 6.62. The lowest BCUT2D eigenvalue weighted by Crippen LogP contribution is -1.90. The Balaban J connectivity index is 0.000000151. The van der Waals surface area contributed by atoms with E-state index in [1.165, 1.54) is 21.5 Å². The predicted molar refractivity (Wildman–Crippen MR) is 122 cm³/mol. The average molecular weight is 362 g/mol. The highest BCUT2D eigenvalue weighted by Gasteiger charge is 1.99. The Kier molecular flexibility index (Phi) is 5.21. The maximum absolute atomic E-state index is 5.62. The van der Waals surface area contributed by atoms with E-state index >= 15 is 0 Å². The van der Waals surface area contributed by atoms with Crippen molar-refractivity contribution < 1.29 is 0 Å². The number of para-hydroxylation sites is 1. The molecule has 5 aromatic carbocycles. The molecule has 0 bridgehead atoms. The molecule has 0 aromatic heterocycles. The number of fused-ring (bicyclic) bond motifs is 2. The van der Waals surface area contributed by atoms with Crippen molar-refractivity contribution in [2.45, 2.75) is 0 Å². The van der Waals surface area contributed by atoms with Gasteiger partial charge in [-0.3, -0.25) is 0 Å². The second kappa shape index (κ2) is 8.28. The first kappa shape index (κ1) is 17.6. The first-order chi connectivity index (χ1) is 13.8. The first-order valence-corrected chi connectivity index (χ1v) is 9.34. The van der Waals surface area contributed by atoms with Gasteiger partial charge in [-0.1, -0.05) is 84.9 Å². The van der Waals surface area contributed by atoms with Crippen LogP contribution in [0.1, 0.15) is 0 Å². The zero-order valence-electron chi connectivity index (χ0n) is 15.5. The quantitative estimate of drug-likeness (QED) is 0.332. The zero-order valence-corrected chi connectivity index (χ0v) is 15.5. The van der Waals surface area contributed by atoms with E-state index in [4.69, 9.17) is 5.73 Å². The molecule has 0 spiro atoms. The fraction of sp³-hybridized carbons (Fsp3) is 0. The molecule has 0 fully saturated rings. The van der Waals surface area contributed by atoms with E-state index in [9.17, 15) is 0 Å². The number of nitrogens with two attached hydrogens (primary N) is 1. The van der Waals surface area contributed by atoms with Crippen LogP contribution in [0.25, 0.3) is 21.5 Å². The van der Waals surface area contributed by atoms with Gasteiger partial charge in [-0.2, -0.15) is 0 Å². The lowest BCUT2D eigenvalue weighted by Gasteiger charge is -2.09. The Hall–Kier alpha value is -3.78. The average Bonchev–Trinajstić information content (AvgIpc) is 2.75. The molecule has 0 saturated heterocycles. The van der Waals surface area contributed by atoms with Gasteiger partial charge in [0.05, 0.1) is 0 Å². The minimum atomic E-state index is 0.823. The summed E-state index contributed by atoms with van der Waals surface area (Å²) in [5, 5.41) is 8.39. The zero-order chi connectivity index (χ0) is 19.2. The van der Waals surface area contributed by atoms with E-state index in [1.54, 1.807) is 0 Å². The SMILES string of the molecule is Nc1ccc2ccccc2c1.c1ccc(Nc2cccc3ccccc23)cc1. The predicted octanol–water partition coefficient (Wildman–Crippen LogP) is 7.01. The van der Waals surface area contributed by atoms with Crippen LogP contribution in [0, 0.1) is 0 Å². The number of anilines is 3. The van der Waals surface area contributed by atoms with E-state index < -0.39 is 0 Å². The lowest BCUT2D eigenvalue weighted by atomic mass is 10.1. The number of hydrogen-bond donors (Lipinski definition) is 2. The van der Waals surface area contributed by atoms with Gasteiger partial charge in [-0.05, 0) is 46.5 Å². The number of nitrogen functional groups attached to an aromatic ring is 1. The van der Waals surface area contributed by atoms with Crippen molar-refractivity contribution >= 4 is 38.6 Å². The molecule has 28 heavy (non-hydrogen) atoms. The molecule has 136 valence electrons. The minimum Gasteiger partial charge on any atom is -0.399 e. The molecule has 0 heterocycles. The van der Waals surface area contributed by atoms with Crippen molar-refractivity contribution in [3.63, 3.8) is 0 Å². The van der Waals surface area contributed by atoms with Crippen LogP contribution in [0.4, 0.5) is 17.1 Å². The highest BCUT2D eigenvalue weighted by Crippen LogP contribution is 2.25. The summed E-state index contributed by atoms with van der Waals surface area (Å²) in [6, 6.07) is 39.1. The van der Waals surface area contributed by atoms with Gasteiger partial charge in [0.15, 0.2) is 0 Å². The summed E-state index contributed by atoms with van der Waals surface area (Å²) in [5.41, 5.74) is 8.71. The Morgan fingerprint density at radius 1 is 0.500 bits per heavy atom. The fourth-order valence-corrected chi connectivity index (χ4v) is 3.22. The molecular weight excluding hydrogens is 340 g/mol. The van der Waals surface area contributed by atoms with Gasteiger partial charge in [-0.25, -0.2) is 0 Å². The topological polar surface area (TPSA) is 38.0 Å². The smallest absolute Gasteiger partial charge is 0.0463 e. The van der Waals surface area contributed by atoms with E-state index in [2.05, 4.69) is 72.0 Å². The van der Waals surface area contributed by atoms with Gasteiger partial charge < -0.3 is 11.1 Å². The van der Waals surface area contributed by atoms with Crippen LogP contribution in [0.15, 0.2) is 115 Å². The fourth-order valence-electron chi connectivity index (χ4n) is 3.22. The number of nitrogens with one attached hydrogen (secondary N) is 1. The van der Waals surface area contributed by atoms with E-state index in [-0.39, 0.29) is 0 Å². The van der Waals surface area contributed by atoms with Crippen LogP contribution in [0.2, 0.25) is 0 Å². The maximum atomic E-state index is 5.62. The number of rotatable bonds is 2. The summed E-state index contributed by atoms with van der Waals surface area (Å²) in [6.07, 6.45) is 0. The third-order valence-corrected chi connectivity index (χ3v) is 4.62. The molecule has 0 aliphatic heterocycles. The normalized spacial score (nSPS) is 10.3. The summed E-state index contributed by atoms with van der Waals surface area (Å²) in [5.74, 6) is 0. The molecule has 0 radical (unpaired) electrons. The van der Waals surface area contributed by atoms with Crippen LogP contribution in [0.5, 0.6) is 0 Å². The maximum Gasteiger partial charge on any atom is 0.0463 e. The van der Waals surface area contributed by atoms with Gasteiger partial charge in [0.25, 0.3) is 0 Å². The molecular formula is C26H22N2. The van der Waals surface area contributed by atoms with Crippen LogP contribution in [0.3, 0.4) is 0 Å². The molecule has 2 heteroatoms. The van der Waals surface area contributed by atoms with Gasteiger partial charge in [0.1, 0.15) is 0 Å². The number of hydrogen-bond acceptors (Lipinski definition) is 2. The van der Waals surface area contributed by atoms with Crippen molar-refractivity contribution in [3.05, 3.63) is 115 Å². The Morgan fingerprint density at radius 3 is 1.96 bits per heavy atom. The van der Waals surface area contributed by atoms with Gasteiger partial charge in [0, 0.05) is 22.4 Å². The summed E-state index contributed by atoms with van der Waals surface area (Å²) in [6.45, 7) is 0. The number of benzene rings is 5. The molecule has 5 rings (SSSR count). The van der Waals surface area contributed by atoms with Crippen LogP contribution >= 0.6 is 0 Å². The van der Waals surface area contributed by atoms with E-state index in [0.29, 0.717) is 0 Å². The molecule has 5 aromatic rings. The molecule has 3 N–H and O–H groups in total. The molecule has 2 nitrogen and oxygen atoms in total. The van der Waals surface area contributed by atoms with Crippen LogP contribution in [-0.2, 0) is 0 Å². The molecule has 0 unspecified atom stereocenters. The van der Waals surface area contributed by atoms with Crippen molar-refractivity contribution in [1.82, 2.24) is 0 Å². The largest absolute Gasteiger partial charge is 0.399 e. The van der Waals surface area contributed by atoms with Crippen molar-refractivity contribution in [3.8, 4) is 0 Å². The monoisotopic (exact) mass is 362 g/mol. The molecule has 0 atom stereocenters. The van der Waals surface area contributed by atoms with E-state index in [0.717, 1.165) is 17.1 Å². The van der Waals surface area contributed by atoms with Crippen molar-refractivity contribution in [1.29, 1.82) is 0 Å². The van der Waals surface area contributed by atoms with E-state index in [1.807, 2.05) is 48.5 Å². The molecule has 0 aliphatic carbocycles. The van der Waals surface area contributed by atoms with Gasteiger partial charge in [-0.15, -0.1) is 0 Å². The standard InChI is InChI=1S/C16H13N.C10H9N/c1-2-9-14(10-3-1)17-16-12-6-8-13-7-4-5-11-15(13)16;11-10-6-5-8-3-1-2-4-9(8)7-10/h1-12,17H;1-7H,11H2. The summed E-state index contributed by atoms with van der Waals surface area (Å²) >= 11 is 0. The molecule has 0 aliphatic rings. The Labute approximate surface area is 165 Å². The first-order valence-electron chi connectivity index (χ1n) is 9.34. The summed E-state index contributed by atoms with van der Waals surface area (Å²) in [7, 11) is 0. The summed E-state index contributed by atoms with van der Waals surface area (Å²) in [4.78, 5) is 0. The second-order valence-electron chi connectivity index (χ2n) is 6.62. The molecule has 0 amide bonds. The van der Waals surface area contributed by atoms with Crippen LogP contribution in [-0.4, -0.2) is 0 Å². The Morgan fingerprint density at radius 2 is 1.14 bits per heavy atom. The van der Waals surface area contributed by atoms with Gasteiger partial charge in [0.2, 0.25) is 0 Å². The van der Waals surface area contributed by atoms with Crippen molar-refractivity contribution in [2.24, 2.45) is 0 Å². The molecule has 0 saturated carbocycles. The highest BCUT2D eigenvalue weighted by atomic mass is 14.9.